The van der Waals surface area contributed by atoms with Crippen LogP contribution in [0.1, 0.15) is 56.0 Å². The van der Waals surface area contributed by atoms with Gasteiger partial charge in [-0.2, -0.15) is 0 Å². The number of aryl methyl sites for hydroxylation is 1. The number of rotatable bonds is 9. The van der Waals surface area contributed by atoms with Crippen molar-refractivity contribution in [3.8, 4) is 5.69 Å². The van der Waals surface area contributed by atoms with Crippen LogP contribution in [0.3, 0.4) is 0 Å². The molecule has 0 bridgehead atoms. The largest absolute Gasteiger partial charge is 0.465 e. The average Bonchev–Trinajstić information content (AvgIpc) is 3.18. The lowest BCUT2D eigenvalue weighted by Crippen LogP contribution is -2.28. The number of carbonyl (C=O) groups is 1. The van der Waals surface area contributed by atoms with E-state index in [-0.39, 0.29) is 23.4 Å². The minimum absolute atomic E-state index is 0.0867. The Morgan fingerprint density at radius 1 is 1.35 bits per heavy atom. The van der Waals surface area contributed by atoms with Gasteiger partial charge in [0.2, 0.25) is 0 Å². The zero-order chi connectivity index (χ0) is 24.2. The fraction of sp³-hybridized carbons (Fsp3) is 0.500. The molecule has 0 fully saturated rings. The van der Waals surface area contributed by atoms with Crippen molar-refractivity contribution in [2.45, 2.75) is 71.2 Å². The number of thiophene rings is 1. The zero-order valence-electron chi connectivity index (χ0n) is 20.3. The highest BCUT2D eigenvalue weighted by atomic mass is 32.2. The van der Waals surface area contributed by atoms with Crippen LogP contribution in [-0.2, 0) is 27.3 Å². The van der Waals surface area contributed by atoms with Gasteiger partial charge in [-0.05, 0) is 42.5 Å². The highest BCUT2D eigenvalue weighted by molar-refractivity contribution is 7.99. The first-order chi connectivity index (χ1) is 16.4. The lowest BCUT2D eigenvalue weighted by molar-refractivity contribution is -0.140. The van der Waals surface area contributed by atoms with Crippen LogP contribution in [-0.4, -0.2) is 34.0 Å². The van der Waals surface area contributed by atoms with Crippen molar-refractivity contribution in [2.24, 2.45) is 5.92 Å². The number of benzene rings is 1. The Labute approximate surface area is 208 Å². The van der Waals surface area contributed by atoms with E-state index in [4.69, 9.17) is 14.5 Å². The molecule has 0 saturated carbocycles. The van der Waals surface area contributed by atoms with E-state index >= 15 is 0 Å². The van der Waals surface area contributed by atoms with Crippen LogP contribution < -0.4 is 5.56 Å². The maximum absolute atomic E-state index is 13.9. The first-order valence-electron chi connectivity index (χ1n) is 11.9. The molecule has 1 aromatic carbocycles. The molecular formula is C26H32N2O4S2. The van der Waals surface area contributed by atoms with Gasteiger partial charge in [0, 0.05) is 11.3 Å². The number of carbonyl (C=O) groups excluding carboxylic acids is 1. The maximum Gasteiger partial charge on any atom is 0.316 e. The Balaban J connectivity index is 1.72. The minimum Gasteiger partial charge on any atom is -0.465 e. The number of aromatic nitrogens is 2. The molecule has 3 heterocycles. The fourth-order valence-electron chi connectivity index (χ4n) is 4.13. The monoisotopic (exact) mass is 500 g/mol. The molecule has 0 amide bonds. The smallest absolute Gasteiger partial charge is 0.316 e. The maximum atomic E-state index is 13.9. The molecule has 34 heavy (non-hydrogen) atoms. The SMILES string of the molecule is CCCCCOC(=O)CSc1nc2sc3c(c2c(=O)n1-c1cccc(C)c1)CC(C(C)C)OC3. The van der Waals surface area contributed by atoms with Crippen molar-refractivity contribution in [1.82, 2.24) is 9.55 Å². The molecule has 8 heteroatoms. The predicted octanol–water partition coefficient (Wildman–Crippen LogP) is 5.68. The van der Waals surface area contributed by atoms with Gasteiger partial charge in [-0.1, -0.05) is 57.5 Å². The Hall–Kier alpha value is -2.16. The number of thioether (sulfide) groups is 1. The molecule has 3 aromatic rings. The van der Waals surface area contributed by atoms with Crippen LogP contribution >= 0.6 is 23.1 Å². The van der Waals surface area contributed by atoms with Crippen LogP contribution in [0, 0.1) is 12.8 Å². The molecule has 4 rings (SSSR count). The third kappa shape index (κ3) is 5.39. The van der Waals surface area contributed by atoms with Gasteiger partial charge in [-0.15, -0.1) is 11.3 Å². The van der Waals surface area contributed by atoms with Gasteiger partial charge in [0.25, 0.3) is 5.56 Å². The van der Waals surface area contributed by atoms with E-state index < -0.39 is 0 Å². The number of ether oxygens (including phenoxy) is 2. The van der Waals surface area contributed by atoms with E-state index in [1.165, 1.54) is 23.1 Å². The molecule has 1 aliphatic rings. The van der Waals surface area contributed by atoms with Crippen LogP contribution in [0.25, 0.3) is 15.9 Å². The first-order valence-corrected chi connectivity index (χ1v) is 13.7. The summed E-state index contributed by atoms with van der Waals surface area (Å²) in [7, 11) is 0. The summed E-state index contributed by atoms with van der Waals surface area (Å²) >= 11 is 2.78. The van der Waals surface area contributed by atoms with Crippen molar-refractivity contribution in [1.29, 1.82) is 0 Å². The fourth-order valence-corrected chi connectivity index (χ4v) is 6.11. The minimum atomic E-state index is -0.287. The van der Waals surface area contributed by atoms with E-state index in [1.807, 2.05) is 31.2 Å². The van der Waals surface area contributed by atoms with Crippen molar-refractivity contribution in [3.63, 3.8) is 0 Å². The van der Waals surface area contributed by atoms with Crippen molar-refractivity contribution >= 4 is 39.3 Å². The number of hydrogen-bond donors (Lipinski definition) is 0. The van der Waals surface area contributed by atoms with Crippen molar-refractivity contribution in [3.05, 3.63) is 50.6 Å². The number of unbranched alkanes of at least 4 members (excludes halogenated alkanes) is 2. The lowest BCUT2D eigenvalue weighted by atomic mass is 9.96. The number of hydrogen-bond acceptors (Lipinski definition) is 7. The van der Waals surface area contributed by atoms with Gasteiger partial charge in [-0.25, -0.2) is 4.98 Å². The summed E-state index contributed by atoms with van der Waals surface area (Å²) in [5, 5.41) is 1.19. The quantitative estimate of drug-likeness (QED) is 0.163. The van der Waals surface area contributed by atoms with Gasteiger partial charge in [-0.3, -0.25) is 14.2 Å². The van der Waals surface area contributed by atoms with Gasteiger partial charge < -0.3 is 9.47 Å². The summed E-state index contributed by atoms with van der Waals surface area (Å²) in [6, 6.07) is 7.82. The molecule has 0 saturated heterocycles. The topological polar surface area (TPSA) is 70.4 Å². The summed E-state index contributed by atoms with van der Waals surface area (Å²) in [5.41, 5.74) is 2.79. The molecule has 1 atom stereocenters. The number of nitrogens with zero attached hydrogens (tertiary/aromatic N) is 2. The van der Waals surface area contributed by atoms with Gasteiger partial charge >= 0.3 is 5.97 Å². The molecular weight excluding hydrogens is 468 g/mol. The standard InChI is InChI=1S/C26H32N2O4S2/c1-5-6-7-11-31-22(29)15-33-26-27-24-23(19-13-20(16(2)3)32-14-21(19)34-24)25(30)28(26)18-10-8-9-17(4)12-18/h8-10,12,16,20H,5-7,11,13-15H2,1-4H3. The Morgan fingerprint density at radius 3 is 2.91 bits per heavy atom. The molecule has 0 spiro atoms. The van der Waals surface area contributed by atoms with E-state index in [2.05, 4.69) is 20.8 Å². The second-order valence-corrected chi connectivity index (χ2v) is 11.1. The lowest BCUT2D eigenvalue weighted by Gasteiger charge is -2.26. The van der Waals surface area contributed by atoms with Crippen molar-refractivity contribution in [2.75, 3.05) is 12.4 Å². The zero-order valence-corrected chi connectivity index (χ0v) is 21.9. The number of esters is 1. The summed E-state index contributed by atoms with van der Waals surface area (Å²) in [6.07, 6.45) is 3.79. The summed E-state index contributed by atoms with van der Waals surface area (Å²) in [6.45, 7) is 9.33. The Bertz CT molecular complexity index is 1230. The molecule has 0 aliphatic carbocycles. The van der Waals surface area contributed by atoms with Gasteiger partial charge in [0.1, 0.15) is 4.83 Å². The van der Waals surface area contributed by atoms with Gasteiger partial charge in [0.15, 0.2) is 5.16 Å². The Kier molecular flexibility index (Phi) is 8.11. The molecule has 2 aromatic heterocycles. The molecule has 182 valence electrons. The van der Waals surface area contributed by atoms with Crippen LogP contribution in [0.2, 0.25) is 0 Å². The molecule has 0 N–H and O–H groups in total. The van der Waals surface area contributed by atoms with Crippen LogP contribution in [0.15, 0.2) is 34.2 Å². The Morgan fingerprint density at radius 2 is 2.18 bits per heavy atom. The molecule has 1 unspecified atom stereocenters. The van der Waals surface area contributed by atoms with E-state index in [9.17, 15) is 9.59 Å². The predicted molar refractivity (Wildman–Crippen MR) is 138 cm³/mol. The summed E-state index contributed by atoms with van der Waals surface area (Å²) in [5.74, 6) is 0.192. The first kappa shape index (κ1) is 24.9. The van der Waals surface area contributed by atoms with E-state index in [1.54, 1.807) is 4.57 Å². The van der Waals surface area contributed by atoms with E-state index in [0.29, 0.717) is 40.9 Å². The number of fused-ring (bicyclic) bond motifs is 3. The second-order valence-electron chi connectivity index (χ2n) is 9.07. The second kappa shape index (κ2) is 11.1. The van der Waals surface area contributed by atoms with Crippen molar-refractivity contribution < 1.29 is 14.3 Å². The normalized spacial score (nSPS) is 15.6. The highest BCUT2D eigenvalue weighted by Gasteiger charge is 2.29. The highest BCUT2D eigenvalue weighted by Crippen LogP contribution is 2.36. The molecule has 0 radical (unpaired) electrons. The molecule has 6 nitrogen and oxygen atoms in total. The average molecular weight is 501 g/mol. The van der Waals surface area contributed by atoms with Gasteiger partial charge in [0.05, 0.1) is 36.1 Å². The summed E-state index contributed by atoms with van der Waals surface area (Å²) in [4.78, 5) is 32.9. The molecule has 1 aliphatic heterocycles. The van der Waals surface area contributed by atoms with Crippen LogP contribution in [0.4, 0.5) is 0 Å². The third-order valence-corrected chi connectivity index (χ3v) is 8.06. The third-order valence-electron chi connectivity index (χ3n) is 6.04. The van der Waals surface area contributed by atoms with Crippen LogP contribution in [0.5, 0.6) is 0 Å². The van der Waals surface area contributed by atoms with E-state index in [0.717, 1.165) is 41.0 Å². The summed E-state index contributed by atoms with van der Waals surface area (Å²) < 4.78 is 13.0.